The van der Waals surface area contributed by atoms with Crippen LogP contribution in [0.5, 0.6) is 0 Å². The van der Waals surface area contributed by atoms with Crippen LogP contribution in [-0.2, 0) is 16.4 Å². The van der Waals surface area contributed by atoms with E-state index in [4.69, 9.17) is 10.5 Å². The van der Waals surface area contributed by atoms with Gasteiger partial charge in [-0.2, -0.15) is 15.2 Å². The molecule has 1 rings (SSSR count). The maximum absolute atomic E-state index is 11.8. The van der Waals surface area contributed by atoms with Crippen LogP contribution in [0.2, 0.25) is 0 Å². The fraction of sp³-hybridized carbons (Fsp3) is 0.273. The molecule has 0 bridgehead atoms. The second-order valence-corrected chi connectivity index (χ2v) is 4.97. The summed E-state index contributed by atoms with van der Waals surface area (Å²) < 4.78 is 25.8. The van der Waals surface area contributed by atoms with E-state index in [0.717, 1.165) is 0 Å². The fourth-order valence-electron chi connectivity index (χ4n) is 1.43. The summed E-state index contributed by atoms with van der Waals surface area (Å²) in [6.07, 6.45) is 0.574. The Morgan fingerprint density at radius 1 is 1.35 bits per heavy atom. The number of hydrogen-bond donors (Lipinski definition) is 1. The monoisotopic (exact) mass is 249 g/mol. The van der Waals surface area contributed by atoms with E-state index in [1.165, 1.54) is 6.07 Å². The van der Waals surface area contributed by atoms with Crippen LogP contribution in [0.4, 0.5) is 0 Å². The van der Waals surface area contributed by atoms with Crippen LogP contribution in [-0.4, -0.2) is 15.0 Å². The number of nitrogens with one attached hydrogen (secondary N) is 1. The lowest BCUT2D eigenvalue weighted by Crippen LogP contribution is -2.25. The summed E-state index contributed by atoms with van der Waals surface area (Å²) >= 11 is 0. The van der Waals surface area contributed by atoms with E-state index in [0.29, 0.717) is 12.0 Å². The van der Waals surface area contributed by atoms with Crippen LogP contribution in [0.15, 0.2) is 23.1 Å². The Morgan fingerprint density at radius 3 is 2.59 bits per heavy atom. The second-order valence-electron chi connectivity index (χ2n) is 3.24. The van der Waals surface area contributed by atoms with Gasteiger partial charge in [0.2, 0.25) is 10.0 Å². The number of sulfonamides is 1. The fourth-order valence-corrected chi connectivity index (χ4v) is 2.54. The molecule has 5 nitrogen and oxygen atoms in total. The standard InChI is InChI=1S/C11H11N3O2S/c1-2-9-4-3-5-11(10(9)8-13)17(15,16)14-7-6-12/h3-5,14H,2,7H2,1H3. The van der Waals surface area contributed by atoms with Gasteiger partial charge < -0.3 is 0 Å². The Balaban J connectivity index is 3.34. The van der Waals surface area contributed by atoms with Crippen molar-refractivity contribution in [2.45, 2.75) is 18.2 Å². The smallest absolute Gasteiger partial charge is 0.207 e. The zero-order valence-corrected chi connectivity index (χ0v) is 10.1. The first-order valence-electron chi connectivity index (χ1n) is 4.95. The van der Waals surface area contributed by atoms with Crippen LogP contribution in [0.3, 0.4) is 0 Å². The lowest BCUT2D eigenvalue weighted by molar-refractivity contribution is 0.585. The summed E-state index contributed by atoms with van der Waals surface area (Å²) in [6, 6.07) is 8.23. The molecule has 0 saturated carbocycles. The molecule has 0 aliphatic heterocycles. The van der Waals surface area contributed by atoms with E-state index in [1.54, 1.807) is 18.2 Å². The zero-order valence-electron chi connectivity index (χ0n) is 9.27. The molecule has 0 fully saturated rings. The molecule has 0 radical (unpaired) electrons. The summed E-state index contributed by atoms with van der Waals surface area (Å²) in [4.78, 5) is -0.0744. The van der Waals surface area contributed by atoms with Gasteiger partial charge >= 0.3 is 0 Å². The molecule has 88 valence electrons. The van der Waals surface area contributed by atoms with Crippen molar-refractivity contribution < 1.29 is 8.42 Å². The van der Waals surface area contributed by atoms with Gasteiger partial charge in [0, 0.05) is 0 Å². The summed E-state index contributed by atoms with van der Waals surface area (Å²) in [7, 11) is -3.79. The molecule has 6 heteroatoms. The highest BCUT2D eigenvalue weighted by Gasteiger charge is 2.19. The predicted octanol–water partition coefficient (Wildman–Crippen LogP) is 0.923. The highest BCUT2D eigenvalue weighted by atomic mass is 32.2. The topological polar surface area (TPSA) is 93.8 Å². The Hall–Kier alpha value is -1.89. The molecule has 0 aromatic heterocycles. The van der Waals surface area contributed by atoms with E-state index in [9.17, 15) is 8.42 Å². The predicted molar refractivity (Wildman–Crippen MR) is 61.3 cm³/mol. The number of hydrogen-bond acceptors (Lipinski definition) is 4. The summed E-state index contributed by atoms with van der Waals surface area (Å²) in [6.45, 7) is 1.53. The molecular weight excluding hydrogens is 238 g/mol. The van der Waals surface area contributed by atoms with Gasteiger partial charge in [0.25, 0.3) is 0 Å². The molecule has 1 aromatic rings. The average molecular weight is 249 g/mol. The first kappa shape index (κ1) is 13.2. The third kappa shape index (κ3) is 2.82. The number of nitrogens with zero attached hydrogens (tertiary/aromatic N) is 2. The highest BCUT2D eigenvalue weighted by molar-refractivity contribution is 7.89. The van der Waals surface area contributed by atoms with E-state index < -0.39 is 10.0 Å². The summed E-state index contributed by atoms with van der Waals surface area (Å²) in [5.41, 5.74) is 0.813. The molecule has 1 aromatic carbocycles. The first-order chi connectivity index (χ1) is 8.06. The normalized spacial score (nSPS) is 10.5. The van der Waals surface area contributed by atoms with Crippen molar-refractivity contribution in [2.24, 2.45) is 0 Å². The van der Waals surface area contributed by atoms with Crippen molar-refractivity contribution in [1.82, 2.24) is 4.72 Å². The molecule has 1 N–H and O–H groups in total. The van der Waals surface area contributed by atoms with Gasteiger partial charge in [-0.3, -0.25) is 0 Å². The number of benzene rings is 1. The van der Waals surface area contributed by atoms with Gasteiger partial charge in [0.1, 0.15) is 11.0 Å². The molecule has 0 saturated heterocycles. The number of aryl methyl sites for hydroxylation is 1. The third-order valence-corrected chi connectivity index (χ3v) is 3.68. The SMILES string of the molecule is CCc1cccc(S(=O)(=O)NCC#N)c1C#N. The van der Waals surface area contributed by atoms with Crippen LogP contribution in [0.1, 0.15) is 18.1 Å². The molecule has 17 heavy (non-hydrogen) atoms. The minimum Gasteiger partial charge on any atom is -0.207 e. The van der Waals surface area contributed by atoms with Crippen molar-refractivity contribution in [3.05, 3.63) is 29.3 Å². The molecule has 0 atom stereocenters. The van der Waals surface area contributed by atoms with Gasteiger partial charge in [0.15, 0.2) is 0 Å². The van der Waals surface area contributed by atoms with Crippen molar-refractivity contribution in [2.75, 3.05) is 6.54 Å². The van der Waals surface area contributed by atoms with Crippen LogP contribution in [0.25, 0.3) is 0 Å². The molecule has 0 spiro atoms. The van der Waals surface area contributed by atoms with E-state index >= 15 is 0 Å². The van der Waals surface area contributed by atoms with E-state index in [-0.39, 0.29) is 17.0 Å². The second kappa shape index (κ2) is 5.44. The minimum atomic E-state index is -3.79. The van der Waals surface area contributed by atoms with Crippen LogP contribution >= 0.6 is 0 Å². The first-order valence-corrected chi connectivity index (χ1v) is 6.43. The van der Waals surface area contributed by atoms with Crippen LogP contribution < -0.4 is 4.72 Å². The number of nitriles is 2. The van der Waals surface area contributed by atoms with Gasteiger partial charge in [-0.15, -0.1) is 0 Å². The quantitative estimate of drug-likeness (QED) is 0.803. The van der Waals surface area contributed by atoms with Gasteiger partial charge in [-0.25, -0.2) is 8.42 Å². The lowest BCUT2D eigenvalue weighted by Gasteiger charge is -2.08. The summed E-state index contributed by atoms with van der Waals surface area (Å²) in [5, 5.41) is 17.4. The summed E-state index contributed by atoms with van der Waals surface area (Å²) in [5.74, 6) is 0. The maximum atomic E-state index is 11.8. The van der Waals surface area contributed by atoms with Crippen LogP contribution in [0, 0.1) is 22.7 Å². The van der Waals surface area contributed by atoms with Gasteiger partial charge in [-0.05, 0) is 18.1 Å². The van der Waals surface area contributed by atoms with Crippen molar-refractivity contribution in [3.63, 3.8) is 0 Å². The molecule has 0 unspecified atom stereocenters. The van der Waals surface area contributed by atoms with E-state index in [2.05, 4.69) is 4.72 Å². The zero-order chi connectivity index (χ0) is 12.9. The number of rotatable bonds is 4. The molecular formula is C11H11N3O2S. The van der Waals surface area contributed by atoms with Crippen molar-refractivity contribution in [1.29, 1.82) is 10.5 Å². The Bertz CT molecular complexity index is 594. The lowest BCUT2D eigenvalue weighted by atomic mass is 10.1. The third-order valence-electron chi connectivity index (χ3n) is 2.24. The Kier molecular flexibility index (Phi) is 4.22. The maximum Gasteiger partial charge on any atom is 0.242 e. The van der Waals surface area contributed by atoms with E-state index in [1.807, 2.05) is 13.0 Å². The van der Waals surface area contributed by atoms with Crippen molar-refractivity contribution >= 4 is 10.0 Å². The average Bonchev–Trinajstić information content (AvgIpc) is 2.35. The molecule has 0 heterocycles. The highest BCUT2D eigenvalue weighted by Crippen LogP contribution is 2.19. The minimum absolute atomic E-state index is 0.0744. The Labute approximate surface area is 100 Å². The van der Waals surface area contributed by atoms with Crippen molar-refractivity contribution in [3.8, 4) is 12.1 Å². The molecule has 0 aliphatic rings. The van der Waals surface area contributed by atoms with Gasteiger partial charge in [-0.1, -0.05) is 19.1 Å². The molecule has 0 amide bonds. The van der Waals surface area contributed by atoms with Gasteiger partial charge in [0.05, 0.1) is 18.2 Å². The molecule has 0 aliphatic carbocycles. The largest absolute Gasteiger partial charge is 0.242 e. The Morgan fingerprint density at radius 2 is 2.06 bits per heavy atom.